The maximum Gasteiger partial charge on any atom is 0.416 e. The number of amides is 1. The first kappa shape index (κ1) is 29.8. The van der Waals surface area contributed by atoms with Gasteiger partial charge in [0, 0.05) is 37.8 Å². The van der Waals surface area contributed by atoms with E-state index in [-0.39, 0.29) is 30.4 Å². The summed E-state index contributed by atoms with van der Waals surface area (Å²) in [5.74, 6) is -3.87. The van der Waals surface area contributed by atoms with Gasteiger partial charge in [-0.2, -0.15) is 13.2 Å². The van der Waals surface area contributed by atoms with Crippen molar-refractivity contribution in [3.63, 3.8) is 0 Å². The zero-order valence-electron chi connectivity index (χ0n) is 21.8. The zero-order valence-corrected chi connectivity index (χ0v) is 22.6. The average Bonchev–Trinajstić information content (AvgIpc) is 2.82. The molecule has 0 unspecified atom stereocenters. The van der Waals surface area contributed by atoms with Crippen molar-refractivity contribution in [2.45, 2.75) is 74.8 Å². The zero-order chi connectivity index (χ0) is 28.7. The van der Waals surface area contributed by atoms with Gasteiger partial charge in [-0.05, 0) is 70.7 Å². The van der Waals surface area contributed by atoms with Gasteiger partial charge in [0.25, 0.3) is 11.8 Å². The molecular formula is C26H31F5N2O4S. The van der Waals surface area contributed by atoms with Gasteiger partial charge in [0.05, 0.1) is 15.2 Å². The number of piperidine rings is 1. The molecule has 1 aliphatic rings. The van der Waals surface area contributed by atoms with E-state index in [1.807, 2.05) is 0 Å². The number of alkyl halides is 5. The van der Waals surface area contributed by atoms with E-state index < -0.39 is 48.7 Å². The van der Waals surface area contributed by atoms with Crippen molar-refractivity contribution in [2.24, 2.45) is 5.92 Å². The monoisotopic (exact) mass is 562 g/mol. The number of carbonyl (C=O) groups is 1. The lowest BCUT2D eigenvalue weighted by molar-refractivity contribution is -0.147. The Morgan fingerprint density at radius 3 is 2.05 bits per heavy atom. The van der Waals surface area contributed by atoms with E-state index >= 15 is 0 Å². The van der Waals surface area contributed by atoms with Crippen LogP contribution in [0.5, 0.6) is 5.88 Å². The smallest absolute Gasteiger partial charge is 0.416 e. The lowest BCUT2D eigenvalue weighted by Crippen LogP contribution is -2.53. The van der Waals surface area contributed by atoms with Crippen molar-refractivity contribution in [1.82, 2.24) is 9.88 Å². The Hall–Kier alpha value is -2.76. The molecule has 1 fully saturated rings. The molecule has 210 valence electrons. The van der Waals surface area contributed by atoms with Gasteiger partial charge in [-0.1, -0.05) is 6.07 Å². The van der Waals surface area contributed by atoms with Crippen molar-refractivity contribution in [3.05, 3.63) is 53.7 Å². The lowest BCUT2D eigenvalue weighted by atomic mass is 9.85. The molecule has 3 rings (SSSR count). The van der Waals surface area contributed by atoms with Gasteiger partial charge in [0.15, 0.2) is 15.4 Å². The summed E-state index contributed by atoms with van der Waals surface area (Å²) in [5, 5.41) is 0. The number of hydrogen-bond acceptors (Lipinski definition) is 5. The highest BCUT2D eigenvalue weighted by Crippen LogP contribution is 2.40. The standard InChI is InChI=1S/C26H31F5N2O4S/c1-23(2,37-21-10-9-19(16-32-21)25(5,27)28)22(34)33-13-11-17(12-14-33)24(3,4)38(35,36)20-8-6-7-18(15-20)26(29,30)31/h6-10,15-17H,11-14H2,1-5H3. The molecule has 0 saturated carbocycles. The van der Waals surface area contributed by atoms with Crippen molar-refractivity contribution in [2.75, 3.05) is 13.1 Å². The third-order valence-corrected chi connectivity index (χ3v) is 9.64. The predicted molar refractivity (Wildman–Crippen MR) is 131 cm³/mol. The highest BCUT2D eigenvalue weighted by Gasteiger charge is 2.46. The number of aromatic nitrogens is 1. The molecule has 38 heavy (non-hydrogen) atoms. The van der Waals surface area contributed by atoms with Crippen molar-refractivity contribution >= 4 is 15.7 Å². The second-order valence-electron chi connectivity index (χ2n) is 10.6. The molecule has 1 saturated heterocycles. The van der Waals surface area contributed by atoms with Crippen LogP contribution in [-0.4, -0.2) is 47.6 Å². The van der Waals surface area contributed by atoms with Crippen LogP contribution >= 0.6 is 0 Å². The molecule has 1 aliphatic heterocycles. The van der Waals surface area contributed by atoms with E-state index in [0.717, 1.165) is 31.3 Å². The molecule has 0 radical (unpaired) electrons. The molecule has 2 aromatic rings. The Morgan fingerprint density at radius 2 is 1.55 bits per heavy atom. The molecule has 12 heteroatoms. The van der Waals surface area contributed by atoms with Gasteiger partial charge in [0.1, 0.15) is 0 Å². The molecule has 0 atom stereocenters. The summed E-state index contributed by atoms with van der Waals surface area (Å²) in [7, 11) is -4.13. The summed E-state index contributed by atoms with van der Waals surface area (Å²) in [4.78, 5) is 18.2. The Bertz CT molecular complexity index is 1260. The van der Waals surface area contributed by atoms with Gasteiger partial charge < -0.3 is 9.64 Å². The van der Waals surface area contributed by atoms with Crippen LogP contribution < -0.4 is 4.74 Å². The molecule has 2 heterocycles. The summed E-state index contributed by atoms with van der Waals surface area (Å²) in [6, 6.07) is 6.13. The Morgan fingerprint density at radius 1 is 0.947 bits per heavy atom. The molecule has 1 amide bonds. The van der Waals surface area contributed by atoms with E-state index in [1.165, 1.54) is 44.7 Å². The SMILES string of the molecule is CC(C)(Oc1ccc(C(C)(F)F)cn1)C(=O)N1CCC(C(C)(C)S(=O)(=O)c2cccc(C(F)(F)F)c2)CC1. The molecular weight excluding hydrogens is 531 g/mol. The first-order valence-corrected chi connectivity index (χ1v) is 13.5. The summed E-state index contributed by atoms with van der Waals surface area (Å²) in [6.07, 6.45) is -3.07. The van der Waals surface area contributed by atoms with E-state index in [4.69, 9.17) is 4.74 Å². The summed E-state index contributed by atoms with van der Waals surface area (Å²) in [5.41, 5.74) is -2.71. The van der Waals surface area contributed by atoms with Crippen molar-refractivity contribution in [3.8, 4) is 5.88 Å². The fourth-order valence-electron chi connectivity index (χ4n) is 4.53. The molecule has 6 nitrogen and oxygen atoms in total. The van der Waals surface area contributed by atoms with Crippen LogP contribution in [0.25, 0.3) is 0 Å². The van der Waals surface area contributed by atoms with E-state index in [9.17, 15) is 35.2 Å². The number of sulfone groups is 1. The topological polar surface area (TPSA) is 76.6 Å². The summed E-state index contributed by atoms with van der Waals surface area (Å²) < 4.78 is 97.3. The van der Waals surface area contributed by atoms with Crippen LogP contribution in [0.1, 0.15) is 58.6 Å². The highest BCUT2D eigenvalue weighted by molar-refractivity contribution is 7.92. The van der Waals surface area contributed by atoms with Gasteiger partial charge in [-0.15, -0.1) is 0 Å². The molecule has 0 spiro atoms. The minimum atomic E-state index is -4.67. The second-order valence-corrected chi connectivity index (χ2v) is 13.1. The van der Waals surface area contributed by atoms with Crippen LogP contribution in [0.3, 0.4) is 0 Å². The number of benzene rings is 1. The van der Waals surface area contributed by atoms with E-state index in [2.05, 4.69) is 4.98 Å². The number of hydrogen-bond donors (Lipinski definition) is 0. The van der Waals surface area contributed by atoms with Crippen LogP contribution in [0, 0.1) is 5.92 Å². The first-order chi connectivity index (χ1) is 17.3. The minimum Gasteiger partial charge on any atom is -0.462 e. The van der Waals surface area contributed by atoms with Gasteiger partial charge in [-0.3, -0.25) is 4.79 Å². The van der Waals surface area contributed by atoms with Gasteiger partial charge >= 0.3 is 6.18 Å². The Kier molecular flexibility index (Phi) is 7.91. The third kappa shape index (κ3) is 6.10. The van der Waals surface area contributed by atoms with Crippen LogP contribution in [-0.2, 0) is 26.7 Å². The van der Waals surface area contributed by atoms with Crippen molar-refractivity contribution in [1.29, 1.82) is 0 Å². The Labute approximate surface area is 219 Å². The van der Waals surface area contributed by atoms with Crippen LogP contribution in [0.2, 0.25) is 0 Å². The van der Waals surface area contributed by atoms with E-state index in [0.29, 0.717) is 18.9 Å². The number of nitrogens with zero attached hydrogens (tertiary/aromatic N) is 2. The third-order valence-electron chi connectivity index (χ3n) is 7.05. The molecule has 0 N–H and O–H groups in total. The fourth-order valence-corrected chi connectivity index (χ4v) is 6.35. The maximum atomic E-state index is 13.4. The molecule has 1 aromatic carbocycles. The van der Waals surface area contributed by atoms with E-state index in [1.54, 1.807) is 0 Å². The van der Waals surface area contributed by atoms with Gasteiger partial charge in [0.2, 0.25) is 5.88 Å². The average molecular weight is 563 g/mol. The largest absolute Gasteiger partial charge is 0.462 e. The molecule has 0 bridgehead atoms. The number of ether oxygens (including phenoxy) is 1. The highest BCUT2D eigenvalue weighted by atomic mass is 32.2. The maximum absolute atomic E-state index is 13.4. The summed E-state index contributed by atoms with van der Waals surface area (Å²) in [6.45, 7) is 7.20. The quantitative estimate of drug-likeness (QED) is 0.395. The predicted octanol–water partition coefficient (Wildman–Crippen LogP) is 5.86. The van der Waals surface area contributed by atoms with Crippen molar-refractivity contribution < 1.29 is 39.9 Å². The van der Waals surface area contributed by atoms with Crippen LogP contribution in [0.15, 0.2) is 47.5 Å². The minimum absolute atomic E-state index is 0.000417. The Balaban J connectivity index is 1.69. The number of likely N-dealkylation sites (tertiary alicyclic amines) is 1. The number of halogens is 5. The normalized spacial score (nSPS) is 16.4. The van der Waals surface area contributed by atoms with Gasteiger partial charge in [-0.25, -0.2) is 22.2 Å². The number of pyridine rings is 1. The summed E-state index contributed by atoms with van der Waals surface area (Å²) >= 11 is 0. The van der Waals surface area contributed by atoms with Crippen LogP contribution in [0.4, 0.5) is 22.0 Å². The number of carbonyl (C=O) groups excluding carboxylic acids is 1. The lowest BCUT2D eigenvalue weighted by Gasteiger charge is -2.42. The number of rotatable bonds is 7. The first-order valence-electron chi connectivity index (χ1n) is 12.0. The molecule has 0 aliphatic carbocycles. The molecule has 1 aromatic heterocycles. The fraction of sp³-hybridized carbons (Fsp3) is 0.538. The second kappa shape index (κ2) is 10.1.